The molecular weight excluding hydrogens is 354 g/mol. The molecule has 4 aromatic rings. The normalized spacial score (nSPS) is 10.9. The van der Waals surface area contributed by atoms with Gasteiger partial charge < -0.3 is 4.98 Å². The van der Waals surface area contributed by atoms with Crippen molar-refractivity contribution in [2.75, 3.05) is 5.32 Å². The Labute approximate surface area is 151 Å². The van der Waals surface area contributed by atoms with E-state index in [4.69, 9.17) is 0 Å². The number of H-pyrrole nitrogens is 1. The molecule has 0 radical (unpaired) electrons. The van der Waals surface area contributed by atoms with Gasteiger partial charge in [-0.1, -0.05) is 47.4 Å². The van der Waals surface area contributed by atoms with Gasteiger partial charge in [0, 0.05) is 11.3 Å². The molecule has 124 valence electrons. The topological polar surface area (TPSA) is 83.6 Å². The van der Waals surface area contributed by atoms with Crippen LogP contribution in [0.1, 0.15) is 15.9 Å². The van der Waals surface area contributed by atoms with E-state index < -0.39 is 0 Å². The highest BCUT2D eigenvalue weighted by Gasteiger charge is 2.08. The summed E-state index contributed by atoms with van der Waals surface area (Å²) in [6, 6.07) is 15.5. The van der Waals surface area contributed by atoms with Crippen molar-refractivity contribution in [2.45, 2.75) is 10.9 Å². The standard InChI is InChI=1S/C17H13N5OS2/c23-15(21-17-22-18-10-25-17)12-7-5-11(6-8-12)9-24-16-19-13-3-1-2-4-14(13)20-16/h1-8,10H,9H2,(H,19,20)(H,21,22,23). The molecule has 0 atom stereocenters. The summed E-state index contributed by atoms with van der Waals surface area (Å²) in [5.41, 5.74) is 5.29. The van der Waals surface area contributed by atoms with Crippen LogP contribution < -0.4 is 5.32 Å². The minimum Gasteiger partial charge on any atom is -0.333 e. The molecule has 6 nitrogen and oxygen atoms in total. The van der Waals surface area contributed by atoms with Gasteiger partial charge in [0.25, 0.3) is 5.91 Å². The quantitative estimate of drug-likeness (QED) is 0.522. The van der Waals surface area contributed by atoms with Crippen LogP contribution in [0.15, 0.2) is 59.2 Å². The second-order valence-corrected chi connectivity index (χ2v) is 7.04. The maximum atomic E-state index is 12.1. The second kappa shape index (κ2) is 7.04. The van der Waals surface area contributed by atoms with Crippen LogP contribution in [0.4, 0.5) is 5.13 Å². The molecule has 2 aromatic heterocycles. The van der Waals surface area contributed by atoms with E-state index in [1.807, 2.05) is 48.5 Å². The van der Waals surface area contributed by atoms with Gasteiger partial charge in [-0.3, -0.25) is 10.1 Å². The molecule has 2 heterocycles. The fraction of sp³-hybridized carbons (Fsp3) is 0.0588. The minimum atomic E-state index is -0.187. The molecule has 8 heteroatoms. The summed E-state index contributed by atoms with van der Waals surface area (Å²) < 4.78 is 0. The zero-order chi connectivity index (χ0) is 17.1. The van der Waals surface area contributed by atoms with Crippen molar-refractivity contribution in [3.8, 4) is 0 Å². The van der Waals surface area contributed by atoms with Crippen LogP contribution in [0.3, 0.4) is 0 Å². The van der Waals surface area contributed by atoms with Gasteiger partial charge in [-0.25, -0.2) is 4.98 Å². The number of aromatic amines is 1. The molecule has 0 bridgehead atoms. The highest BCUT2D eigenvalue weighted by Crippen LogP contribution is 2.23. The van der Waals surface area contributed by atoms with E-state index in [0.29, 0.717) is 10.7 Å². The lowest BCUT2D eigenvalue weighted by molar-refractivity contribution is 0.102. The van der Waals surface area contributed by atoms with Crippen molar-refractivity contribution in [1.82, 2.24) is 20.2 Å². The number of fused-ring (bicyclic) bond motifs is 1. The van der Waals surface area contributed by atoms with Gasteiger partial charge in [-0.05, 0) is 29.8 Å². The molecule has 0 spiro atoms. The number of nitrogens with one attached hydrogen (secondary N) is 2. The summed E-state index contributed by atoms with van der Waals surface area (Å²) in [4.78, 5) is 20.0. The monoisotopic (exact) mass is 367 g/mol. The molecular formula is C17H13N5OS2. The minimum absolute atomic E-state index is 0.187. The Morgan fingerprint density at radius 3 is 2.76 bits per heavy atom. The smallest absolute Gasteiger partial charge is 0.257 e. The van der Waals surface area contributed by atoms with Gasteiger partial charge in [0.05, 0.1) is 11.0 Å². The van der Waals surface area contributed by atoms with Gasteiger partial charge >= 0.3 is 0 Å². The number of anilines is 1. The Morgan fingerprint density at radius 1 is 1.16 bits per heavy atom. The zero-order valence-corrected chi connectivity index (χ0v) is 14.6. The van der Waals surface area contributed by atoms with Gasteiger partial charge in [0.1, 0.15) is 5.51 Å². The number of hydrogen-bond acceptors (Lipinski definition) is 6. The molecule has 0 aliphatic heterocycles. The van der Waals surface area contributed by atoms with Crippen molar-refractivity contribution in [3.63, 3.8) is 0 Å². The molecule has 0 fully saturated rings. The fourth-order valence-corrected chi connectivity index (χ4v) is 3.58. The zero-order valence-electron chi connectivity index (χ0n) is 13.0. The number of thioether (sulfide) groups is 1. The summed E-state index contributed by atoms with van der Waals surface area (Å²) in [5, 5.41) is 11.6. The Hall–Kier alpha value is -2.71. The summed E-state index contributed by atoms with van der Waals surface area (Å²) in [5.74, 6) is 0.589. The maximum Gasteiger partial charge on any atom is 0.257 e. The highest BCUT2D eigenvalue weighted by atomic mass is 32.2. The number of hydrogen-bond donors (Lipinski definition) is 2. The van der Waals surface area contributed by atoms with Gasteiger partial charge in [0.15, 0.2) is 5.16 Å². The third-order valence-corrected chi connectivity index (χ3v) is 5.09. The van der Waals surface area contributed by atoms with Crippen molar-refractivity contribution >= 4 is 45.2 Å². The summed E-state index contributed by atoms with van der Waals surface area (Å²) in [6.07, 6.45) is 0. The number of amides is 1. The van der Waals surface area contributed by atoms with Crippen LogP contribution in [0.5, 0.6) is 0 Å². The third-order valence-electron chi connectivity index (χ3n) is 3.54. The Morgan fingerprint density at radius 2 is 2.00 bits per heavy atom. The molecule has 1 amide bonds. The first-order valence-corrected chi connectivity index (χ1v) is 9.38. The van der Waals surface area contributed by atoms with Gasteiger partial charge in [-0.2, -0.15) is 0 Å². The Balaban J connectivity index is 1.39. The molecule has 4 rings (SSSR count). The highest BCUT2D eigenvalue weighted by molar-refractivity contribution is 7.98. The molecule has 0 unspecified atom stereocenters. The van der Waals surface area contributed by atoms with Crippen LogP contribution in [0, 0.1) is 0 Å². The number of benzene rings is 2. The number of carbonyl (C=O) groups is 1. The number of carbonyl (C=O) groups excluding carboxylic acids is 1. The van der Waals surface area contributed by atoms with Crippen LogP contribution in [0.25, 0.3) is 11.0 Å². The Bertz CT molecular complexity index is 963. The predicted molar refractivity (Wildman–Crippen MR) is 100.0 cm³/mol. The van der Waals surface area contributed by atoms with E-state index in [-0.39, 0.29) is 5.91 Å². The van der Waals surface area contributed by atoms with Crippen molar-refractivity contribution in [1.29, 1.82) is 0 Å². The van der Waals surface area contributed by atoms with E-state index >= 15 is 0 Å². The third kappa shape index (κ3) is 3.70. The first kappa shape index (κ1) is 15.8. The van der Waals surface area contributed by atoms with Crippen molar-refractivity contribution in [3.05, 3.63) is 65.2 Å². The van der Waals surface area contributed by atoms with Crippen molar-refractivity contribution < 1.29 is 4.79 Å². The molecule has 0 saturated heterocycles. The van der Waals surface area contributed by atoms with E-state index in [2.05, 4.69) is 25.5 Å². The van der Waals surface area contributed by atoms with Crippen molar-refractivity contribution in [2.24, 2.45) is 0 Å². The predicted octanol–water partition coefficient (Wildman–Crippen LogP) is 3.96. The first-order valence-electron chi connectivity index (χ1n) is 7.52. The van der Waals surface area contributed by atoms with E-state index in [1.165, 1.54) is 11.3 Å². The molecule has 2 aromatic carbocycles. The average Bonchev–Trinajstić information content (AvgIpc) is 3.29. The lowest BCUT2D eigenvalue weighted by Gasteiger charge is -2.03. The number of imidazole rings is 1. The molecule has 0 aliphatic carbocycles. The summed E-state index contributed by atoms with van der Waals surface area (Å²) >= 11 is 2.92. The van der Waals surface area contributed by atoms with Gasteiger partial charge in [0.2, 0.25) is 5.13 Å². The molecule has 0 saturated carbocycles. The lowest BCUT2D eigenvalue weighted by atomic mass is 10.1. The number of para-hydroxylation sites is 2. The molecule has 2 N–H and O–H groups in total. The number of aromatic nitrogens is 4. The van der Waals surface area contributed by atoms with E-state index in [9.17, 15) is 4.79 Å². The first-order chi connectivity index (χ1) is 12.3. The van der Waals surface area contributed by atoms with Crippen LogP contribution in [0.2, 0.25) is 0 Å². The van der Waals surface area contributed by atoms with Crippen LogP contribution >= 0.6 is 23.1 Å². The molecule has 0 aliphatic rings. The lowest BCUT2D eigenvalue weighted by Crippen LogP contribution is -2.11. The maximum absolute atomic E-state index is 12.1. The summed E-state index contributed by atoms with van der Waals surface area (Å²) in [7, 11) is 0. The number of nitrogens with zero attached hydrogens (tertiary/aromatic N) is 3. The summed E-state index contributed by atoms with van der Waals surface area (Å²) in [6.45, 7) is 0. The fourth-order valence-electron chi connectivity index (χ4n) is 2.30. The largest absolute Gasteiger partial charge is 0.333 e. The van der Waals surface area contributed by atoms with E-state index in [0.717, 1.165) is 27.5 Å². The Kier molecular flexibility index (Phi) is 4.45. The van der Waals surface area contributed by atoms with E-state index in [1.54, 1.807) is 17.3 Å². The second-order valence-electron chi connectivity index (χ2n) is 5.24. The molecule has 25 heavy (non-hydrogen) atoms. The average molecular weight is 367 g/mol. The van der Waals surface area contributed by atoms with Gasteiger partial charge in [-0.15, -0.1) is 10.2 Å². The number of rotatable bonds is 5. The van der Waals surface area contributed by atoms with Crippen LogP contribution in [-0.2, 0) is 5.75 Å². The van der Waals surface area contributed by atoms with Crippen LogP contribution in [-0.4, -0.2) is 26.1 Å². The SMILES string of the molecule is O=C(Nc1nncs1)c1ccc(CSc2nc3ccccc3[nH]2)cc1.